The first kappa shape index (κ1) is 18.6. The van der Waals surface area contributed by atoms with Crippen LogP contribution in [0, 0.1) is 0 Å². The van der Waals surface area contributed by atoms with E-state index in [-0.39, 0.29) is 6.42 Å². The molecule has 0 aliphatic carbocycles. The van der Waals surface area contributed by atoms with Crippen LogP contribution >= 0.6 is 0 Å². The van der Waals surface area contributed by atoms with Gasteiger partial charge in [0.25, 0.3) is 0 Å². The van der Waals surface area contributed by atoms with Gasteiger partial charge in [-0.3, -0.25) is 4.90 Å². The Hall–Kier alpha value is -2.21. The van der Waals surface area contributed by atoms with Gasteiger partial charge in [-0.15, -0.1) is 0 Å². The standard InChI is InChI=1S/C20H22F3NO2/c1-25-18-12-15-4-3-14(11-16(15)13-19(18)26-2)5-8-24-9-6-17(7-10-24)20(21,22)23/h3-4,6,11-13H,5,7-10H2,1-2H3. The normalized spacial score (nSPS) is 15.8. The van der Waals surface area contributed by atoms with Crippen molar-refractivity contribution < 1.29 is 22.6 Å². The van der Waals surface area contributed by atoms with Crippen LogP contribution in [0.4, 0.5) is 13.2 Å². The summed E-state index contributed by atoms with van der Waals surface area (Å²) in [6.45, 7) is 1.54. The zero-order valence-electron chi connectivity index (χ0n) is 14.9. The van der Waals surface area contributed by atoms with Gasteiger partial charge in [0.1, 0.15) is 0 Å². The van der Waals surface area contributed by atoms with Crippen LogP contribution < -0.4 is 9.47 Å². The van der Waals surface area contributed by atoms with Gasteiger partial charge in [-0.2, -0.15) is 13.2 Å². The molecule has 0 unspecified atom stereocenters. The van der Waals surface area contributed by atoms with E-state index in [9.17, 15) is 13.2 Å². The van der Waals surface area contributed by atoms with Gasteiger partial charge in [0.2, 0.25) is 0 Å². The number of benzene rings is 2. The fourth-order valence-corrected chi connectivity index (χ4v) is 3.24. The van der Waals surface area contributed by atoms with Crippen LogP contribution in [0.25, 0.3) is 10.8 Å². The van der Waals surface area contributed by atoms with Crippen LogP contribution in [0.5, 0.6) is 11.5 Å². The molecule has 0 aromatic heterocycles. The lowest BCUT2D eigenvalue weighted by Crippen LogP contribution is -2.33. The van der Waals surface area contributed by atoms with Crippen LogP contribution in [0.1, 0.15) is 12.0 Å². The van der Waals surface area contributed by atoms with E-state index in [0.717, 1.165) is 29.3 Å². The molecule has 0 saturated heterocycles. The quantitative estimate of drug-likeness (QED) is 0.723. The van der Waals surface area contributed by atoms with Crippen LogP contribution in [-0.2, 0) is 6.42 Å². The van der Waals surface area contributed by atoms with Crippen molar-refractivity contribution in [2.24, 2.45) is 0 Å². The van der Waals surface area contributed by atoms with Crippen molar-refractivity contribution >= 4 is 10.8 Å². The zero-order chi connectivity index (χ0) is 18.7. The van der Waals surface area contributed by atoms with Crippen molar-refractivity contribution in [3.05, 3.63) is 47.5 Å². The molecule has 0 amide bonds. The number of ether oxygens (including phenoxy) is 2. The lowest BCUT2D eigenvalue weighted by Gasteiger charge is -2.27. The summed E-state index contributed by atoms with van der Waals surface area (Å²) in [5.41, 5.74) is 0.746. The molecule has 0 N–H and O–H groups in total. The van der Waals surface area contributed by atoms with Crippen LogP contribution in [0.3, 0.4) is 0 Å². The molecule has 3 rings (SSSR count). The van der Waals surface area contributed by atoms with E-state index in [1.54, 1.807) is 14.2 Å². The maximum Gasteiger partial charge on any atom is 0.412 e. The molecular formula is C20H22F3NO2. The molecule has 1 aliphatic rings. The molecule has 6 heteroatoms. The van der Waals surface area contributed by atoms with Crippen molar-refractivity contribution in [1.82, 2.24) is 4.90 Å². The maximum absolute atomic E-state index is 12.7. The first-order valence-corrected chi connectivity index (χ1v) is 8.54. The van der Waals surface area contributed by atoms with Crippen molar-refractivity contribution in [1.29, 1.82) is 0 Å². The summed E-state index contributed by atoms with van der Waals surface area (Å²) in [4.78, 5) is 2.05. The van der Waals surface area contributed by atoms with Gasteiger partial charge in [0, 0.05) is 25.2 Å². The summed E-state index contributed by atoms with van der Waals surface area (Å²) >= 11 is 0. The van der Waals surface area contributed by atoms with Crippen LogP contribution in [0.2, 0.25) is 0 Å². The molecule has 0 radical (unpaired) electrons. The largest absolute Gasteiger partial charge is 0.493 e. The Labute approximate surface area is 151 Å². The molecule has 0 spiro atoms. The summed E-state index contributed by atoms with van der Waals surface area (Å²) in [7, 11) is 3.21. The van der Waals surface area contributed by atoms with E-state index in [1.165, 1.54) is 6.08 Å². The van der Waals surface area contributed by atoms with E-state index < -0.39 is 11.7 Å². The molecule has 2 aromatic rings. The first-order chi connectivity index (χ1) is 12.4. The fourth-order valence-electron chi connectivity index (χ4n) is 3.24. The van der Waals surface area contributed by atoms with Gasteiger partial charge in [-0.25, -0.2) is 0 Å². The summed E-state index contributed by atoms with van der Waals surface area (Å²) in [5.74, 6) is 1.37. The zero-order valence-corrected chi connectivity index (χ0v) is 14.9. The molecule has 0 fully saturated rings. The molecule has 140 valence electrons. The molecule has 1 heterocycles. The number of alkyl halides is 3. The minimum atomic E-state index is -4.19. The molecule has 0 atom stereocenters. The predicted octanol–water partition coefficient (Wildman–Crippen LogP) is 4.59. The third-order valence-corrected chi connectivity index (χ3v) is 4.78. The highest BCUT2D eigenvalue weighted by molar-refractivity contribution is 5.86. The fraction of sp³-hybridized carbons (Fsp3) is 0.400. The summed E-state index contributed by atoms with van der Waals surface area (Å²) in [6, 6.07) is 10.1. The van der Waals surface area contributed by atoms with Crippen LogP contribution in [0.15, 0.2) is 42.0 Å². The van der Waals surface area contributed by atoms with Gasteiger partial charge in [-0.05, 0) is 41.3 Å². The Morgan fingerprint density at radius 2 is 1.69 bits per heavy atom. The smallest absolute Gasteiger partial charge is 0.412 e. The topological polar surface area (TPSA) is 21.7 Å². The minimum absolute atomic E-state index is 0.0677. The van der Waals surface area contributed by atoms with E-state index >= 15 is 0 Å². The highest BCUT2D eigenvalue weighted by Gasteiger charge is 2.34. The van der Waals surface area contributed by atoms with Gasteiger partial charge in [0.05, 0.1) is 14.2 Å². The Morgan fingerprint density at radius 3 is 2.27 bits per heavy atom. The van der Waals surface area contributed by atoms with Gasteiger partial charge >= 0.3 is 6.18 Å². The number of halogens is 3. The van der Waals surface area contributed by atoms with E-state index in [1.807, 2.05) is 23.1 Å². The Balaban J connectivity index is 1.67. The van der Waals surface area contributed by atoms with E-state index in [2.05, 4.69) is 12.1 Å². The van der Waals surface area contributed by atoms with Crippen molar-refractivity contribution in [2.75, 3.05) is 33.9 Å². The number of nitrogens with zero attached hydrogens (tertiary/aromatic N) is 1. The molecular weight excluding hydrogens is 343 g/mol. The third-order valence-electron chi connectivity index (χ3n) is 4.78. The van der Waals surface area contributed by atoms with Gasteiger partial charge < -0.3 is 9.47 Å². The summed E-state index contributed by atoms with van der Waals surface area (Å²) in [5, 5.41) is 2.11. The van der Waals surface area contributed by atoms with E-state index in [0.29, 0.717) is 24.6 Å². The minimum Gasteiger partial charge on any atom is -0.493 e. The second-order valence-electron chi connectivity index (χ2n) is 6.42. The molecule has 2 aromatic carbocycles. The predicted molar refractivity (Wildman–Crippen MR) is 96.0 cm³/mol. The molecule has 3 nitrogen and oxygen atoms in total. The third kappa shape index (κ3) is 4.12. The lowest BCUT2D eigenvalue weighted by molar-refractivity contribution is -0.0959. The number of methoxy groups -OCH3 is 2. The van der Waals surface area contributed by atoms with Gasteiger partial charge in [-0.1, -0.05) is 24.3 Å². The Morgan fingerprint density at radius 1 is 1.00 bits per heavy atom. The molecule has 0 bridgehead atoms. The number of hydrogen-bond acceptors (Lipinski definition) is 3. The van der Waals surface area contributed by atoms with Crippen LogP contribution in [-0.4, -0.2) is 44.9 Å². The van der Waals surface area contributed by atoms with Crippen molar-refractivity contribution in [3.8, 4) is 11.5 Å². The second kappa shape index (κ2) is 7.58. The average molecular weight is 365 g/mol. The van der Waals surface area contributed by atoms with Gasteiger partial charge in [0.15, 0.2) is 11.5 Å². The Kier molecular flexibility index (Phi) is 5.41. The number of rotatable bonds is 5. The van der Waals surface area contributed by atoms with Crippen molar-refractivity contribution in [3.63, 3.8) is 0 Å². The molecule has 1 aliphatic heterocycles. The van der Waals surface area contributed by atoms with E-state index in [4.69, 9.17) is 9.47 Å². The average Bonchev–Trinajstić information content (AvgIpc) is 2.64. The lowest BCUT2D eigenvalue weighted by atomic mass is 10.0. The summed E-state index contributed by atoms with van der Waals surface area (Å²) < 4.78 is 48.7. The first-order valence-electron chi connectivity index (χ1n) is 8.54. The second-order valence-corrected chi connectivity index (χ2v) is 6.42. The monoisotopic (exact) mass is 365 g/mol. The molecule has 26 heavy (non-hydrogen) atoms. The Bertz CT molecular complexity index is 815. The number of hydrogen-bond donors (Lipinski definition) is 0. The SMILES string of the molecule is COc1cc2ccc(CCN3CC=C(C(F)(F)F)CC3)cc2cc1OC. The maximum atomic E-state index is 12.7. The highest BCUT2D eigenvalue weighted by Crippen LogP contribution is 2.33. The van der Waals surface area contributed by atoms with Crippen molar-refractivity contribution in [2.45, 2.75) is 19.0 Å². The summed E-state index contributed by atoms with van der Waals surface area (Å²) in [6.07, 6.45) is -2.02. The molecule has 0 saturated carbocycles. The highest BCUT2D eigenvalue weighted by atomic mass is 19.4. The number of fused-ring (bicyclic) bond motifs is 1.